The molecule has 0 atom stereocenters. The highest BCUT2D eigenvalue weighted by Crippen LogP contribution is 2.29. The van der Waals surface area contributed by atoms with Crippen molar-refractivity contribution >= 4 is 61.5 Å². The molecule has 35 heavy (non-hydrogen) atoms. The molecule has 0 aliphatic carbocycles. The van der Waals surface area contributed by atoms with Crippen LogP contribution in [0.1, 0.15) is 5.56 Å². The summed E-state index contributed by atoms with van der Waals surface area (Å²) in [5.41, 5.74) is 0.552. The van der Waals surface area contributed by atoms with Gasteiger partial charge in [-0.25, -0.2) is 14.4 Å². The predicted octanol–water partition coefficient (Wildman–Crippen LogP) is 3.18. The third-order valence-electron chi connectivity index (χ3n) is 4.32. The molecule has 0 heterocycles. The quantitative estimate of drug-likeness (QED) is 0.164. The Morgan fingerprint density at radius 1 is 0.857 bits per heavy atom. The number of carbonyl (C=O) groups is 4. The van der Waals surface area contributed by atoms with E-state index in [1.165, 1.54) is 12.1 Å². The second kappa shape index (κ2) is 12.8. The maximum absolute atomic E-state index is 11.4. The lowest BCUT2D eigenvalue weighted by Gasteiger charge is -2.20. The van der Waals surface area contributed by atoms with Crippen molar-refractivity contribution in [3.05, 3.63) is 50.9 Å². The van der Waals surface area contributed by atoms with Crippen molar-refractivity contribution in [3.63, 3.8) is 0 Å². The van der Waals surface area contributed by atoms with E-state index >= 15 is 0 Å². The molecule has 188 valence electrons. The first kappa shape index (κ1) is 27.7. The number of amides is 1. The first-order chi connectivity index (χ1) is 16.5. The Morgan fingerprint density at radius 3 is 2.00 bits per heavy atom. The third-order valence-corrected chi connectivity index (χ3v) is 5.30. The highest BCUT2D eigenvalue weighted by atomic mass is 79.9. The predicted molar refractivity (Wildman–Crippen MR) is 128 cm³/mol. The lowest BCUT2D eigenvalue weighted by atomic mass is 10.2. The molecule has 14 heteroatoms. The van der Waals surface area contributed by atoms with Crippen LogP contribution in [0.15, 0.2) is 45.3 Å². The number of ether oxygens (including phenoxy) is 2. The van der Waals surface area contributed by atoms with E-state index in [0.29, 0.717) is 25.2 Å². The number of rotatable bonds is 13. The van der Waals surface area contributed by atoms with Crippen molar-refractivity contribution in [1.29, 1.82) is 0 Å². The van der Waals surface area contributed by atoms with E-state index in [-0.39, 0.29) is 31.2 Å². The monoisotopic (exact) mass is 618 g/mol. The fourth-order valence-corrected chi connectivity index (χ4v) is 3.54. The van der Waals surface area contributed by atoms with Gasteiger partial charge in [0.15, 0.2) is 0 Å². The van der Waals surface area contributed by atoms with Crippen LogP contribution in [-0.2, 0) is 20.9 Å². The summed E-state index contributed by atoms with van der Waals surface area (Å²) in [4.78, 5) is 45.4. The molecule has 0 spiro atoms. The maximum atomic E-state index is 11.4. The summed E-state index contributed by atoms with van der Waals surface area (Å²) in [6, 6.07) is 7.50. The van der Waals surface area contributed by atoms with Crippen molar-refractivity contribution < 1.29 is 49.1 Å². The van der Waals surface area contributed by atoms with E-state index in [2.05, 4.69) is 37.2 Å². The normalized spacial score (nSPS) is 10.5. The Balaban J connectivity index is 2.09. The molecule has 2 aromatic rings. The smallest absolute Gasteiger partial charge is 0.408 e. The van der Waals surface area contributed by atoms with Gasteiger partial charge in [0.1, 0.15) is 31.3 Å². The summed E-state index contributed by atoms with van der Waals surface area (Å²) in [6.45, 7) is -1.00. The number of aliphatic carboxylic acids is 3. The molecule has 0 saturated carbocycles. The Kier molecular flexibility index (Phi) is 10.1. The zero-order valence-corrected chi connectivity index (χ0v) is 21.0. The average Bonchev–Trinajstić information content (AvgIpc) is 2.75. The molecule has 0 fully saturated rings. The standard InChI is InChI=1S/C21H20Br2N2O10/c22-12-2-4-15(11(7-12)9-25(21(32)33)10-17(26)27)34-5-6-35-16-8-13(23)1-3-14(16)24-18(19(28)29)20(30)31/h1-4,7-8,18,24H,5-6,9-10H2,(H,26,27)(H,28,29)(H,30,31)(H,32,33). The van der Waals surface area contributed by atoms with Crippen molar-refractivity contribution in [3.8, 4) is 11.5 Å². The van der Waals surface area contributed by atoms with Crippen molar-refractivity contribution in [1.82, 2.24) is 4.90 Å². The van der Waals surface area contributed by atoms with Crippen LogP contribution in [0.4, 0.5) is 10.5 Å². The van der Waals surface area contributed by atoms with Gasteiger partial charge in [-0.05, 0) is 36.4 Å². The van der Waals surface area contributed by atoms with Crippen LogP contribution in [0.3, 0.4) is 0 Å². The van der Waals surface area contributed by atoms with Gasteiger partial charge in [-0.15, -0.1) is 0 Å². The van der Waals surface area contributed by atoms with Crippen LogP contribution in [-0.4, -0.2) is 75.1 Å². The van der Waals surface area contributed by atoms with E-state index in [0.717, 1.165) is 0 Å². The van der Waals surface area contributed by atoms with E-state index in [1.54, 1.807) is 24.3 Å². The number of benzene rings is 2. The molecular formula is C21H20Br2N2O10. The van der Waals surface area contributed by atoms with Gasteiger partial charge < -0.3 is 35.2 Å². The van der Waals surface area contributed by atoms with E-state index < -0.39 is 36.6 Å². The third kappa shape index (κ3) is 8.64. The first-order valence-electron chi connectivity index (χ1n) is 9.73. The number of hydrogen-bond donors (Lipinski definition) is 5. The number of nitrogens with one attached hydrogen (secondary N) is 1. The molecule has 0 bridgehead atoms. The fraction of sp³-hybridized carbons (Fsp3) is 0.238. The summed E-state index contributed by atoms with van der Waals surface area (Å²) in [7, 11) is 0. The highest BCUT2D eigenvalue weighted by Gasteiger charge is 2.26. The van der Waals surface area contributed by atoms with Crippen LogP contribution in [0.2, 0.25) is 0 Å². The Morgan fingerprint density at radius 2 is 1.43 bits per heavy atom. The van der Waals surface area contributed by atoms with Gasteiger partial charge >= 0.3 is 24.0 Å². The van der Waals surface area contributed by atoms with Gasteiger partial charge in [0.2, 0.25) is 6.04 Å². The summed E-state index contributed by atoms with van der Waals surface area (Å²) >= 11 is 6.55. The van der Waals surface area contributed by atoms with Gasteiger partial charge in [0, 0.05) is 14.5 Å². The topological polar surface area (TPSA) is 183 Å². The summed E-state index contributed by atoms with van der Waals surface area (Å²) in [6.07, 6.45) is -1.41. The van der Waals surface area contributed by atoms with Crippen LogP contribution >= 0.6 is 31.9 Å². The van der Waals surface area contributed by atoms with Gasteiger partial charge in [0.25, 0.3) is 0 Å². The molecule has 2 rings (SSSR count). The van der Waals surface area contributed by atoms with Crippen LogP contribution < -0.4 is 14.8 Å². The fourth-order valence-electron chi connectivity index (χ4n) is 2.80. The second-order valence-corrected chi connectivity index (χ2v) is 8.71. The van der Waals surface area contributed by atoms with Gasteiger partial charge in [-0.3, -0.25) is 9.69 Å². The number of carboxylic acids is 3. The van der Waals surface area contributed by atoms with Crippen LogP contribution in [0.25, 0.3) is 0 Å². The number of anilines is 1. The van der Waals surface area contributed by atoms with E-state index in [4.69, 9.17) is 24.8 Å². The summed E-state index contributed by atoms with van der Waals surface area (Å²) in [5.74, 6) is -3.97. The molecule has 0 aliphatic heterocycles. The molecule has 5 N–H and O–H groups in total. The highest BCUT2D eigenvalue weighted by molar-refractivity contribution is 9.10. The van der Waals surface area contributed by atoms with Gasteiger partial charge in [0.05, 0.1) is 12.2 Å². The average molecular weight is 620 g/mol. The van der Waals surface area contributed by atoms with Crippen molar-refractivity contribution in [2.24, 2.45) is 0 Å². The first-order valence-corrected chi connectivity index (χ1v) is 11.3. The number of halogens is 2. The Hall–Kier alpha value is -3.52. The van der Waals surface area contributed by atoms with E-state index in [9.17, 15) is 24.3 Å². The Bertz CT molecular complexity index is 1100. The number of carboxylic acid groups (broad SMARTS) is 4. The molecule has 2 aromatic carbocycles. The second-order valence-electron chi connectivity index (χ2n) is 6.88. The number of hydrogen-bond acceptors (Lipinski definition) is 7. The summed E-state index contributed by atoms with van der Waals surface area (Å²) in [5, 5.41) is 38.8. The van der Waals surface area contributed by atoms with Crippen LogP contribution in [0.5, 0.6) is 11.5 Å². The molecule has 0 aromatic heterocycles. The van der Waals surface area contributed by atoms with Gasteiger partial charge in [-0.1, -0.05) is 31.9 Å². The zero-order chi connectivity index (χ0) is 26.1. The molecule has 0 saturated heterocycles. The van der Waals surface area contributed by atoms with Crippen molar-refractivity contribution in [2.45, 2.75) is 12.6 Å². The van der Waals surface area contributed by atoms with E-state index in [1.807, 2.05) is 0 Å². The largest absolute Gasteiger partial charge is 0.490 e. The maximum Gasteiger partial charge on any atom is 0.408 e. The zero-order valence-electron chi connectivity index (χ0n) is 17.8. The Labute approximate surface area is 215 Å². The molecule has 0 unspecified atom stereocenters. The minimum absolute atomic E-state index is 0.0200. The van der Waals surface area contributed by atoms with Crippen molar-refractivity contribution in [2.75, 3.05) is 25.1 Å². The molecule has 12 nitrogen and oxygen atoms in total. The summed E-state index contributed by atoms with van der Waals surface area (Å²) < 4.78 is 12.6. The minimum atomic E-state index is -1.89. The molecular weight excluding hydrogens is 600 g/mol. The lowest BCUT2D eigenvalue weighted by molar-refractivity contribution is -0.148. The number of nitrogens with zero attached hydrogens (tertiary/aromatic N) is 1. The van der Waals surface area contributed by atoms with Gasteiger partial charge in [-0.2, -0.15) is 0 Å². The molecule has 1 amide bonds. The lowest BCUT2D eigenvalue weighted by Crippen LogP contribution is -2.37. The SMILES string of the molecule is O=C(O)CN(Cc1cc(Br)ccc1OCCOc1cc(Br)ccc1NC(C(=O)O)C(=O)O)C(=O)O. The molecule has 0 aliphatic rings. The molecule has 0 radical (unpaired) electrons. The minimum Gasteiger partial charge on any atom is -0.490 e. The van der Waals surface area contributed by atoms with Crippen LogP contribution in [0, 0.1) is 0 Å².